The maximum atomic E-state index is 5.86. The minimum Gasteiger partial charge on any atom is -0.496 e. The number of methoxy groups -OCH3 is 2. The van der Waals surface area contributed by atoms with Crippen molar-refractivity contribution in [3.8, 4) is 33.8 Å². The van der Waals surface area contributed by atoms with E-state index in [9.17, 15) is 0 Å². The Bertz CT molecular complexity index is 1140. The van der Waals surface area contributed by atoms with Gasteiger partial charge in [-0.15, -0.1) is 0 Å². The molecule has 0 aromatic heterocycles. The first kappa shape index (κ1) is 26.2. The van der Waals surface area contributed by atoms with Crippen LogP contribution in [-0.4, -0.2) is 14.2 Å². The van der Waals surface area contributed by atoms with Gasteiger partial charge in [-0.05, 0) is 47.2 Å². The Morgan fingerprint density at radius 3 is 1.25 bits per heavy atom. The third-order valence-corrected chi connectivity index (χ3v) is 9.88. The molecule has 0 radical (unpaired) electrons. The predicted octanol–water partition coefficient (Wildman–Crippen LogP) is 10.0. The van der Waals surface area contributed by atoms with Crippen LogP contribution in [0.25, 0.3) is 22.3 Å². The summed E-state index contributed by atoms with van der Waals surface area (Å²) in [5.41, 5.74) is 7.26. The van der Waals surface area contributed by atoms with Gasteiger partial charge >= 0.3 is 0 Å². The summed E-state index contributed by atoms with van der Waals surface area (Å²) < 4.78 is 11.7. The number of hydrogen-bond acceptors (Lipinski definition) is 4. The number of rotatable bonds is 11. The molecule has 0 spiro atoms. The third-order valence-electron chi connectivity index (χ3n) is 6.40. The molecule has 36 heavy (non-hydrogen) atoms. The lowest BCUT2D eigenvalue weighted by Gasteiger charge is -2.23. The molecule has 0 unspecified atom stereocenters. The number of ether oxygens (including phenoxy) is 2. The Kier molecular flexibility index (Phi) is 9.43. The van der Waals surface area contributed by atoms with Gasteiger partial charge in [-0.25, -0.2) is 0 Å². The summed E-state index contributed by atoms with van der Waals surface area (Å²) in [6.07, 6.45) is 2.05. The fraction of sp³-hybridized carbons (Fsp3) is 0.250. The molecule has 4 rings (SSSR count). The van der Waals surface area contributed by atoms with Crippen molar-refractivity contribution in [2.75, 3.05) is 14.2 Å². The molecule has 0 bridgehead atoms. The van der Waals surface area contributed by atoms with Crippen LogP contribution in [0.1, 0.15) is 48.3 Å². The second-order valence-electron chi connectivity index (χ2n) is 8.63. The van der Waals surface area contributed by atoms with Gasteiger partial charge in [0, 0.05) is 21.6 Å². The van der Waals surface area contributed by atoms with Crippen molar-refractivity contribution in [3.05, 3.63) is 108 Å². The van der Waals surface area contributed by atoms with Crippen LogP contribution in [0.15, 0.2) is 97.1 Å². The Hall–Kier alpha value is -2.82. The van der Waals surface area contributed by atoms with E-state index in [1.54, 1.807) is 14.2 Å². The fourth-order valence-electron chi connectivity index (χ4n) is 4.39. The summed E-state index contributed by atoms with van der Waals surface area (Å²) in [5.74, 6) is 1.91. The van der Waals surface area contributed by atoms with E-state index in [1.807, 2.05) is 33.7 Å². The predicted molar refractivity (Wildman–Crippen MR) is 158 cm³/mol. The molecule has 0 saturated heterocycles. The Morgan fingerprint density at radius 1 is 0.528 bits per heavy atom. The van der Waals surface area contributed by atoms with Crippen LogP contribution in [0.2, 0.25) is 0 Å². The summed E-state index contributed by atoms with van der Waals surface area (Å²) in [6, 6.07) is 34.2. The van der Waals surface area contributed by atoms with Crippen LogP contribution in [0, 0.1) is 0 Å². The molecule has 0 fully saturated rings. The molecule has 4 aromatic carbocycles. The zero-order chi connectivity index (χ0) is 25.3. The third kappa shape index (κ3) is 6.11. The number of benzene rings is 4. The molecule has 2 nitrogen and oxygen atoms in total. The number of hydrogen-bond donors (Lipinski definition) is 0. The molecule has 0 amide bonds. The summed E-state index contributed by atoms with van der Waals surface area (Å²) in [7, 11) is 7.41. The maximum Gasteiger partial charge on any atom is 0.123 e. The highest BCUT2D eigenvalue weighted by atomic mass is 33.1. The highest BCUT2D eigenvalue weighted by Crippen LogP contribution is 2.52. The summed E-state index contributed by atoms with van der Waals surface area (Å²) >= 11 is 0. The van der Waals surface area contributed by atoms with Gasteiger partial charge in [-0.2, -0.15) is 0 Å². The Balaban J connectivity index is 1.53. The van der Waals surface area contributed by atoms with E-state index in [1.165, 1.54) is 33.4 Å². The quantitative estimate of drug-likeness (QED) is 0.185. The normalized spacial score (nSPS) is 12.7. The van der Waals surface area contributed by atoms with Crippen molar-refractivity contribution in [2.24, 2.45) is 0 Å². The summed E-state index contributed by atoms with van der Waals surface area (Å²) in [5, 5.41) is 0.664. The van der Waals surface area contributed by atoms with E-state index in [4.69, 9.17) is 9.47 Å². The van der Waals surface area contributed by atoms with Gasteiger partial charge < -0.3 is 9.47 Å². The molecule has 186 valence electrons. The van der Waals surface area contributed by atoms with E-state index in [0.29, 0.717) is 10.5 Å². The SMILES string of the molecule is CC[C@@H](SS[C@H](CC)c1ccc(-c2ccccc2)cc1OC)c1ccc(-c2ccccc2)cc1OC. The van der Waals surface area contributed by atoms with Crippen LogP contribution in [0.4, 0.5) is 0 Å². The van der Waals surface area contributed by atoms with E-state index >= 15 is 0 Å². The average Bonchev–Trinajstić information content (AvgIpc) is 2.96. The molecular weight excluding hydrogens is 480 g/mol. The molecule has 0 aliphatic rings. The Labute approximate surface area is 223 Å². The van der Waals surface area contributed by atoms with Crippen LogP contribution in [0.5, 0.6) is 11.5 Å². The minimum atomic E-state index is 0.332. The molecule has 0 aliphatic heterocycles. The van der Waals surface area contributed by atoms with Gasteiger partial charge in [0.15, 0.2) is 0 Å². The van der Waals surface area contributed by atoms with Crippen LogP contribution in [0.3, 0.4) is 0 Å². The van der Waals surface area contributed by atoms with Gasteiger partial charge in [0.25, 0.3) is 0 Å². The van der Waals surface area contributed by atoms with Crippen molar-refractivity contribution < 1.29 is 9.47 Å². The van der Waals surface area contributed by atoms with Crippen molar-refractivity contribution in [1.82, 2.24) is 0 Å². The van der Waals surface area contributed by atoms with Gasteiger partial charge in [-0.1, -0.05) is 120 Å². The highest BCUT2D eigenvalue weighted by molar-refractivity contribution is 8.76. The second kappa shape index (κ2) is 12.9. The van der Waals surface area contributed by atoms with Crippen molar-refractivity contribution in [2.45, 2.75) is 37.2 Å². The van der Waals surface area contributed by atoms with Crippen molar-refractivity contribution >= 4 is 21.6 Å². The largest absolute Gasteiger partial charge is 0.496 e. The standard InChI is InChI=1S/C32H34O2S2/c1-5-31(27-19-17-25(21-29(27)33-3)23-13-9-7-10-14-23)35-36-32(6-2)28-20-18-26(22-30(28)34-4)24-15-11-8-12-16-24/h7-22,31-32H,5-6H2,1-4H3/t31-,32-/m1/s1. The first-order valence-electron chi connectivity index (χ1n) is 12.5. The molecular formula is C32H34O2S2. The molecule has 0 heterocycles. The average molecular weight is 515 g/mol. The smallest absolute Gasteiger partial charge is 0.123 e. The van der Waals surface area contributed by atoms with Crippen LogP contribution in [-0.2, 0) is 0 Å². The monoisotopic (exact) mass is 514 g/mol. The lowest BCUT2D eigenvalue weighted by molar-refractivity contribution is 0.409. The van der Waals surface area contributed by atoms with Crippen molar-refractivity contribution in [3.63, 3.8) is 0 Å². The zero-order valence-corrected chi connectivity index (χ0v) is 23.1. The van der Waals surface area contributed by atoms with E-state index in [-0.39, 0.29) is 0 Å². The van der Waals surface area contributed by atoms with Gasteiger partial charge in [0.2, 0.25) is 0 Å². The molecule has 4 heteroatoms. The summed E-state index contributed by atoms with van der Waals surface area (Å²) in [4.78, 5) is 0. The first-order valence-corrected chi connectivity index (χ1v) is 14.7. The molecule has 2 atom stereocenters. The van der Waals surface area contributed by atoms with Crippen LogP contribution < -0.4 is 9.47 Å². The Morgan fingerprint density at radius 2 is 0.917 bits per heavy atom. The van der Waals surface area contributed by atoms with Crippen LogP contribution >= 0.6 is 21.6 Å². The van der Waals surface area contributed by atoms with E-state index < -0.39 is 0 Å². The lowest BCUT2D eigenvalue weighted by Crippen LogP contribution is -1.99. The first-order chi connectivity index (χ1) is 17.7. The highest BCUT2D eigenvalue weighted by Gasteiger charge is 2.22. The molecule has 0 N–H and O–H groups in total. The molecule has 0 saturated carbocycles. The minimum absolute atomic E-state index is 0.332. The van der Waals surface area contributed by atoms with Crippen molar-refractivity contribution in [1.29, 1.82) is 0 Å². The maximum absolute atomic E-state index is 5.86. The molecule has 4 aromatic rings. The topological polar surface area (TPSA) is 18.5 Å². The molecule has 0 aliphatic carbocycles. The van der Waals surface area contributed by atoms with E-state index in [2.05, 4.69) is 98.8 Å². The van der Waals surface area contributed by atoms with Gasteiger partial charge in [0.1, 0.15) is 11.5 Å². The van der Waals surface area contributed by atoms with E-state index in [0.717, 1.165) is 24.3 Å². The summed E-state index contributed by atoms with van der Waals surface area (Å²) in [6.45, 7) is 4.50. The van der Waals surface area contributed by atoms with Gasteiger partial charge in [0.05, 0.1) is 14.2 Å². The fourth-order valence-corrected chi connectivity index (χ4v) is 7.77. The zero-order valence-electron chi connectivity index (χ0n) is 21.4. The second-order valence-corrected chi connectivity index (χ2v) is 11.3. The van der Waals surface area contributed by atoms with Gasteiger partial charge in [-0.3, -0.25) is 0 Å². The lowest BCUT2D eigenvalue weighted by atomic mass is 10.0.